The van der Waals surface area contributed by atoms with Crippen molar-refractivity contribution < 1.29 is 27.1 Å². The summed E-state index contributed by atoms with van der Waals surface area (Å²) in [5.74, 6) is -1.04. The van der Waals surface area contributed by atoms with Gasteiger partial charge in [0.15, 0.2) is 0 Å². The van der Waals surface area contributed by atoms with Crippen molar-refractivity contribution >= 4 is 6.09 Å². The van der Waals surface area contributed by atoms with Gasteiger partial charge in [-0.1, -0.05) is 0 Å². The predicted molar refractivity (Wildman–Crippen MR) is 72.6 cm³/mol. The molecule has 1 unspecified atom stereocenters. The predicted octanol–water partition coefficient (Wildman–Crippen LogP) is 3.37. The number of alkyl halides is 3. The van der Waals surface area contributed by atoms with Crippen LogP contribution in [0.15, 0.2) is 18.2 Å². The molecule has 3 N–H and O–H groups in total. The third-order valence-corrected chi connectivity index (χ3v) is 2.54. The zero-order valence-corrected chi connectivity index (χ0v) is 12.4. The SMILES string of the molecule is CC(C)(C)OC(=O)NCC(N)c1cc(F)cc(C(F)(F)F)c1. The fourth-order valence-corrected chi connectivity index (χ4v) is 1.62. The van der Waals surface area contributed by atoms with E-state index in [0.29, 0.717) is 6.07 Å². The van der Waals surface area contributed by atoms with Crippen LogP contribution in [0.1, 0.15) is 37.9 Å². The Bertz CT molecular complexity index is 539. The molecular formula is C14H18F4N2O2. The van der Waals surface area contributed by atoms with Crippen LogP contribution in [0.25, 0.3) is 0 Å². The lowest BCUT2D eigenvalue weighted by molar-refractivity contribution is -0.137. The molecule has 4 nitrogen and oxygen atoms in total. The summed E-state index contributed by atoms with van der Waals surface area (Å²) in [4.78, 5) is 11.4. The lowest BCUT2D eigenvalue weighted by atomic mass is 10.0. The minimum atomic E-state index is -4.67. The van der Waals surface area contributed by atoms with Crippen LogP contribution in [0.2, 0.25) is 0 Å². The number of halogens is 4. The summed E-state index contributed by atoms with van der Waals surface area (Å²) in [6.45, 7) is 4.80. The van der Waals surface area contributed by atoms with E-state index in [1.165, 1.54) is 0 Å². The Labute approximate surface area is 125 Å². The highest BCUT2D eigenvalue weighted by Gasteiger charge is 2.31. The molecule has 22 heavy (non-hydrogen) atoms. The molecule has 0 radical (unpaired) electrons. The van der Waals surface area contributed by atoms with Gasteiger partial charge in [0.05, 0.1) is 5.56 Å². The molecule has 1 aromatic carbocycles. The molecular weight excluding hydrogens is 304 g/mol. The van der Waals surface area contributed by atoms with Crippen LogP contribution in [0.5, 0.6) is 0 Å². The van der Waals surface area contributed by atoms with Crippen molar-refractivity contribution in [3.63, 3.8) is 0 Å². The Balaban J connectivity index is 2.76. The first-order chi connectivity index (χ1) is 9.88. The van der Waals surface area contributed by atoms with Gasteiger partial charge in [-0.2, -0.15) is 13.2 Å². The van der Waals surface area contributed by atoms with E-state index in [-0.39, 0.29) is 12.1 Å². The molecule has 8 heteroatoms. The number of hydrogen-bond acceptors (Lipinski definition) is 3. The first-order valence-corrected chi connectivity index (χ1v) is 6.48. The quantitative estimate of drug-likeness (QED) is 0.839. The highest BCUT2D eigenvalue weighted by molar-refractivity contribution is 5.67. The second kappa shape index (κ2) is 6.51. The maximum absolute atomic E-state index is 13.3. The fraction of sp³-hybridized carbons (Fsp3) is 0.500. The maximum Gasteiger partial charge on any atom is 0.416 e. The van der Waals surface area contributed by atoms with Gasteiger partial charge in [-0.15, -0.1) is 0 Å². The number of amides is 1. The van der Waals surface area contributed by atoms with Crippen LogP contribution in [-0.2, 0) is 10.9 Å². The number of nitrogens with one attached hydrogen (secondary N) is 1. The molecule has 1 amide bonds. The van der Waals surface area contributed by atoms with Crippen molar-refractivity contribution in [3.8, 4) is 0 Å². The Kier molecular flexibility index (Phi) is 5.39. The smallest absolute Gasteiger partial charge is 0.416 e. The molecule has 0 aliphatic rings. The largest absolute Gasteiger partial charge is 0.444 e. The summed E-state index contributed by atoms with van der Waals surface area (Å²) in [6, 6.07) is 1.04. The molecule has 124 valence electrons. The number of hydrogen-bond donors (Lipinski definition) is 2. The zero-order chi connectivity index (χ0) is 17.1. The molecule has 0 fully saturated rings. The summed E-state index contributed by atoms with van der Waals surface area (Å²) < 4.78 is 56.1. The number of nitrogens with two attached hydrogens (primary N) is 1. The molecule has 1 atom stereocenters. The molecule has 0 aromatic heterocycles. The average molecular weight is 322 g/mol. The Hall–Kier alpha value is -1.83. The van der Waals surface area contributed by atoms with Gasteiger partial charge in [-0.3, -0.25) is 0 Å². The molecule has 0 aliphatic heterocycles. The minimum Gasteiger partial charge on any atom is -0.444 e. The molecule has 1 aromatic rings. The van der Waals surface area contributed by atoms with E-state index >= 15 is 0 Å². The van der Waals surface area contributed by atoms with Crippen LogP contribution in [0.3, 0.4) is 0 Å². The molecule has 0 bridgehead atoms. The third kappa shape index (κ3) is 5.88. The Morgan fingerprint density at radius 3 is 2.36 bits per heavy atom. The number of benzene rings is 1. The molecule has 1 rings (SSSR count). The Morgan fingerprint density at radius 2 is 1.86 bits per heavy atom. The summed E-state index contributed by atoms with van der Waals surface area (Å²) in [5, 5.41) is 2.33. The lowest BCUT2D eigenvalue weighted by Crippen LogP contribution is -2.36. The summed E-state index contributed by atoms with van der Waals surface area (Å²) in [7, 11) is 0. The number of alkyl carbamates (subject to hydrolysis) is 1. The second-order valence-electron chi connectivity index (χ2n) is 5.76. The molecule has 0 heterocycles. The highest BCUT2D eigenvalue weighted by Crippen LogP contribution is 2.31. The molecule has 0 saturated carbocycles. The van der Waals surface area contributed by atoms with Gasteiger partial charge in [0.25, 0.3) is 0 Å². The van der Waals surface area contributed by atoms with Crippen LogP contribution in [0, 0.1) is 5.82 Å². The van der Waals surface area contributed by atoms with Gasteiger partial charge in [0.2, 0.25) is 0 Å². The molecule has 0 aliphatic carbocycles. The number of rotatable bonds is 3. The van der Waals surface area contributed by atoms with Crippen molar-refractivity contribution in [1.82, 2.24) is 5.32 Å². The lowest BCUT2D eigenvalue weighted by Gasteiger charge is -2.21. The van der Waals surface area contributed by atoms with Gasteiger partial charge in [-0.25, -0.2) is 9.18 Å². The van der Waals surface area contributed by atoms with Crippen LogP contribution in [-0.4, -0.2) is 18.2 Å². The summed E-state index contributed by atoms with van der Waals surface area (Å²) >= 11 is 0. The van der Waals surface area contributed by atoms with Gasteiger partial charge in [-0.05, 0) is 44.5 Å². The van der Waals surface area contributed by atoms with Crippen molar-refractivity contribution in [3.05, 3.63) is 35.1 Å². The van der Waals surface area contributed by atoms with Crippen LogP contribution in [0.4, 0.5) is 22.4 Å². The third-order valence-electron chi connectivity index (χ3n) is 2.54. The number of ether oxygens (including phenoxy) is 1. The van der Waals surface area contributed by atoms with E-state index in [1.807, 2.05) is 0 Å². The minimum absolute atomic E-state index is 0.0663. The van der Waals surface area contributed by atoms with Crippen molar-refractivity contribution in [1.29, 1.82) is 0 Å². The fourth-order valence-electron chi connectivity index (χ4n) is 1.62. The van der Waals surface area contributed by atoms with Gasteiger partial charge >= 0.3 is 12.3 Å². The molecule has 0 spiro atoms. The van der Waals surface area contributed by atoms with E-state index < -0.39 is 35.3 Å². The number of carbonyl (C=O) groups is 1. The first kappa shape index (κ1) is 18.2. The number of carbonyl (C=O) groups excluding carboxylic acids is 1. The van der Waals surface area contributed by atoms with Gasteiger partial charge in [0.1, 0.15) is 11.4 Å². The normalized spacial score (nSPS) is 13.6. The second-order valence-corrected chi connectivity index (χ2v) is 5.76. The maximum atomic E-state index is 13.3. The van der Waals surface area contributed by atoms with Crippen LogP contribution < -0.4 is 11.1 Å². The summed E-state index contributed by atoms with van der Waals surface area (Å²) in [6.07, 6.45) is -5.43. The van der Waals surface area contributed by atoms with Crippen molar-refractivity contribution in [2.24, 2.45) is 5.73 Å². The average Bonchev–Trinajstić information content (AvgIpc) is 2.32. The van der Waals surface area contributed by atoms with Gasteiger partial charge in [0, 0.05) is 12.6 Å². The van der Waals surface area contributed by atoms with E-state index in [1.54, 1.807) is 20.8 Å². The Morgan fingerprint density at radius 1 is 1.27 bits per heavy atom. The van der Waals surface area contributed by atoms with E-state index in [2.05, 4.69) is 5.32 Å². The van der Waals surface area contributed by atoms with E-state index in [9.17, 15) is 22.4 Å². The zero-order valence-electron chi connectivity index (χ0n) is 12.4. The van der Waals surface area contributed by atoms with Crippen molar-refractivity contribution in [2.75, 3.05) is 6.54 Å². The van der Waals surface area contributed by atoms with Gasteiger partial charge < -0.3 is 15.8 Å². The van der Waals surface area contributed by atoms with Crippen molar-refractivity contribution in [2.45, 2.75) is 38.6 Å². The van der Waals surface area contributed by atoms with Crippen LogP contribution >= 0.6 is 0 Å². The topological polar surface area (TPSA) is 64.3 Å². The van der Waals surface area contributed by atoms with E-state index in [0.717, 1.165) is 12.1 Å². The van der Waals surface area contributed by atoms with E-state index in [4.69, 9.17) is 10.5 Å². The monoisotopic (exact) mass is 322 g/mol. The first-order valence-electron chi connectivity index (χ1n) is 6.48. The summed E-state index contributed by atoms with van der Waals surface area (Å²) in [5.41, 5.74) is 3.78. The standard InChI is InChI=1S/C14H18F4N2O2/c1-13(2,3)22-12(21)20-7-11(19)8-4-9(14(16,17)18)6-10(15)5-8/h4-6,11H,7,19H2,1-3H3,(H,20,21). The highest BCUT2D eigenvalue weighted by atomic mass is 19.4. The molecule has 0 saturated heterocycles.